The lowest BCUT2D eigenvalue weighted by atomic mass is 9.86. The lowest BCUT2D eigenvalue weighted by Crippen LogP contribution is -2.43. The molecule has 1 heterocycles. The number of nitrogens with one attached hydrogen (secondary N) is 1. The van der Waals surface area contributed by atoms with Crippen molar-refractivity contribution in [3.63, 3.8) is 0 Å². The lowest BCUT2D eigenvalue weighted by molar-refractivity contribution is 0.249. The Morgan fingerprint density at radius 2 is 2.22 bits per heavy atom. The van der Waals surface area contributed by atoms with Crippen molar-refractivity contribution in [2.75, 3.05) is 6.54 Å². The average Bonchev–Trinajstić information content (AvgIpc) is 2.85. The van der Waals surface area contributed by atoms with Crippen LogP contribution in [-0.4, -0.2) is 22.1 Å². The van der Waals surface area contributed by atoms with E-state index in [0.29, 0.717) is 23.4 Å². The van der Waals surface area contributed by atoms with Crippen molar-refractivity contribution in [2.24, 2.45) is 5.41 Å². The number of likely N-dealkylation sites (N-methyl/N-ethyl adjacent to an activating group) is 1. The largest absolute Gasteiger partial charge is 0.330 e. The fourth-order valence-electron chi connectivity index (χ4n) is 3.35. The molecule has 1 saturated carbocycles. The van der Waals surface area contributed by atoms with Crippen LogP contribution in [0.1, 0.15) is 65.2 Å². The number of hydrogen-bond donors (Lipinski definition) is 1. The SMILES string of the molecule is CCNC1C(n2ccnc2C(C)C)CCC1(C)C. The van der Waals surface area contributed by atoms with Crippen LogP contribution in [0.25, 0.3) is 0 Å². The maximum atomic E-state index is 4.54. The van der Waals surface area contributed by atoms with E-state index in [2.05, 4.69) is 55.7 Å². The predicted octanol–water partition coefficient (Wildman–Crippen LogP) is 3.35. The molecule has 0 radical (unpaired) electrons. The third-order valence-electron chi connectivity index (χ3n) is 4.31. The summed E-state index contributed by atoms with van der Waals surface area (Å²) in [5, 5.41) is 3.69. The summed E-state index contributed by atoms with van der Waals surface area (Å²) in [7, 11) is 0. The summed E-state index contributed by atoms with van der Waals surface area (Å²) in [4.78, 5) is 4.54. The van der Waals surface area contributed by atoms with Gasteiger partial charge in [0.25, 0.3) is 0 Å². The molecule has 0 amide bonds. The van der Waals surface area contributed by atoms with Crippen molar-refractivity contribution in [3.8, 4) is 0 Å². The molecule has 1 aromatic heterocycles. The van der Waals surface area contributed by atoms with Gasteiger partial charge in [0.15, 0.2) is 0 Å². The Bertz CT molecular complexity index is 392. The second kappa shape index (κ2) is 5.04. The average molecular weight is 249 g/mol. The highest BCUT2D eigenvalue weighted by atomic mass is 15.1. The minimum atomic E-state index is 0.374. The van der Waals surface area contributed by atoms with Crippen LogP contribution in [-0.2, 0) is 0 Å². The van der Waals surface area contributed by atoms with Crippen LogP contribution in [0.2, 0.25) is 0 Å². The third kappa shape index (κ3) is 2.33. The fraction of sp³-hybridized carbons (Fsp3) is 0.800. The Labute approximate surface area is 111 Å². The normalized spacial score (nSPS) is 27.0. The summed E-state index contributed by atoms with van der Waals surface area (Å²) >= 11 is 0. The highest BCUT2D eigenvalue weighted by Gasteiger charge is 2.42. The molecule has 3 heteroatoms. The molecule has 0 aromatic carbocycles. The van der Waals surface area contributed by atoms with E-state index in [0.717, 1.165) is 6.54 Å². The van der Waals surface area contributed by atoms with Gasteiger partial charge >= 0.3 is 0 Å². The van der Waals surface area contributed by atoms with Crippen LogP contribution >= 0.6 is 0 Å². The summed E-state index contributed by atoms with van der Waals surface area (Å²) in [6, 6.07) is 1.11. The van der Waals surface area contributed by atoms with Gasteiger partial charge in [-0.25, -0.2) is 4.98 Å². The molecule has 102 valence electrons. The van der Waals surface area contributed by atoms with Crippen molar-refractivity contribution in [1.82, 2.24) is 14.9 Å². The Morgan fingerprint density at radius 1 is 1.50 bits per heavy atom. The number of rotatable bonds is 4. The first kappa shape index (κ1) is 13.6. The van der Waals surface area contributed by atoms with E-state index in [-0.39, 0.29) is 0 Å². The molecule has 1 aliphatic carbocycles. The molecule has 1 fully saturated rings. The minimum absolute atomic E-state index is 0.374. The molecule has 3 nitrogen and oxygen atoms in total. The Balaban J connectivity index is 2.29. The Morgan fingerprint density at radius 3 is 2.83 bits per heavy atom. The minimum Gasteiger partial charge on any atom is -0.330 e. The van der Waals surface area contributed by atoms with Crippen molar-refractivity contribution in [2.45, 2.75) is 65.5 Å². The first-order chi connectivity index (χ1) is 8.47. The van der Waals surface area contributed by atoms with Crippen LogP contribution in [0.3, 0.4) is 0 Å². The van der Waals surface area contributed by atoms with E-state index in [9.17, 15) is 0 Å². The highest BCUT2D eigenvalue weighted by molar-refractivity contribution is 5.07. The van der Waals surface area contributed by atoms with E-state index in [1.165, 1.54) is 18.7 Å². The van der Waals surface area contributed by atoms with Crippen LogP contribution in [0.15, 0.2) is 12.4 Å². The summed E-state index contributed by atoms with van der Waals surface area (Å²) in [6.07, 6.45) is 6.64. The van der Waals surface area contributed by atoms with Crippen LogP contribution < -0.4 is 5.32 Å². The molecule has 2 unspecified atom stereocenters. The maximum Gasteiger partial charge on any atom is 0.111 e. The molecule has 2 atom stereocenters. The summed E-state index contributed by atoms with van der Waals surface area (Å²) < 4.78 is 2.41. The zero-order valence-corrected chi connectivity index (χ0v) is 12.4. The van der Waals surface area contributed by atoms with Gasteiger partial charge in [-0.2, -0.15) is 0 Å². The molecule has 0 spiro atoms. The number of aromatic nitrogens is 2. The second-order valence-electron chi connectivity index (χ2n) is 6.48. The molecule has 18 heavy (non-hydrogen) atoms. The zero-order valence-electron chi connectivity index (χ0n) is 12.4. The number of hydrogen-bond acceptors (Lipinski definition) is 2. The van der Waals surface area contributed by atoms with E-state index >= 15 is 0 Å². The molecule has 0 aliphatic heterocycles. The van der Waals surface area contributed by atoms with E-state index < -0.39 is 0 Å². The zero-order chi connectivity index (χ0) is 13.3. The van der Waals surface area contributed by atoms with Gasteiger partial charge in [0.1, 0.15) is 5.82 Å². The standard InChI is InChI=1S/C15H27N3/c1-6-16-13-12(7-8-15(13,4)5)18-10-9-17-14(18)11(2)3/h9-13,16H,6-8H2,1-5H3. The first-order valence-corrected chi connectivity index (χ1v) is 7.23. The third-order valence-corrected chi connectivity index (χ3v) is 4.31. The van der Waals surface area contributed by atoms with Crippen LogP contribution in [0.4, 0.5) is 0 Å². The molecular formula is C15H27N3. The van der Waals surface area contributed by atoms with E-state index in [1.54, 1.807) is 0 Å². The number of imidazole rings is 1. The van der Waals surface area contributed by atoms with Gasteiger partial charge in [-0.15, -0.1) is 0 Å². The molecule has 1 aliphatic rings. The van der Waals surface area contributed by atoms with Gasteiger partial charge in [0.05, 0.1) is 6.04 Å². The van der Waals surface area contributed by atoms with Gasteiger partial charge in [-0.3, -0.25) is 0 Å². The van der Waals surface area contributed by atoms with Crippen molar-refractivity contribution < 1.29 is 0 Å². The molecule has 2 rings (SSSR count). The Kier molecular flexibility index (Phi) is 3.81. The summed E-state index contributed by atoms with van der Waals surface area (Å²) in [6.45, 7) is 12.4. The molecular weight excluding hydrogens is 222 g/mol. The quantitative estimate of drug-likeness (QED) is 0.887. The number of nitrogens with zero attached hydrogens (tertiary/aromatic N) is 2. The van der Waals surface area contributed by atoms with Gasteiger partial charge in [0, 0.05) is 24.4 Å². The van der Waals surface area contributed by atoms with Crippen molar-refractivity contribution >= 4 is 0 Å². The predicted molar refractivity (Wildman–Crippen MR) is 75.8 cm³/mol. The van der Waals surface area contributed by atoms with Gasteiger partial charge in [-0.1, -0.05) is 34.6 Å². The van der Waals surface area contributed by atoms with Crippen molar-refractivity contribution in [1.29, 1.82) is 0 Å². The fourth-order valence-corrected chi connectivity index (χ4v) is 3.35. The first-order valence-electron chi connectivity index (χ1n) is 7.23. The molecule has 0 bridgehead atoms. The lowest BCUT2D eigenvalue weighted by Gasteiger charge is -2.33. The summed E-state index contributed by atoms with van der Waals surface area (Å²) in [5.41, 5.74) is 0.374. The van der Waals surface area contributed by atoms with Gasteiger partial charge in [0.2, 0.25) is 0 Å². The molecule has 0 saturated heterocycles. The van der Waals surface area contributed by atoms with E-state index in [4.69, 9.17) is 0 Å². The monoisotopic (exact) mass is 249 g/mol. The topological polar surface area (TPSA) is 29.9 Å². The van der Waals surface area contributed by atoms with Gasteiger partial charge < -0.3 is 9.88 Å². The maximum absolute atomic E-state index is 4.54. The van der Waals surface area contributed by atoms with Crippen LogP contribution in [0.5, 0.6) is 0 Å². The molecule has 1 N–H and O–H groups in total. The Hall–Kier alpha value is -0.830. The second-order valence-corrected chi connectivity index (χ2v) is 6.48. The van der Waals surface area contributed by atoms with E-state index in [1.807, 2.05) is 6.20 Å². The van der Waals surface area contributed by atoms with Crippen molar-refractivity contribution in [3.05, 3.63) is 18.2 Å². The van der Waals surface area contributed by atoms with Gasteiger partial charge in [-0.05, 0) is 24.8 Å². The molecule has 1 aromatic rings. The highest BCUT2D eigenvalue weighted by Crippen LogP contribution is 2.44. The summed E-state index contributed by atoms with van der Waals surface area (Å²) in [5.74, 6) is 1.71. The van der Waals surface area contributed by atoms with Crippen LogP contribution in [0, 0.1) is 5.41 Å². The smallest absolute Gasteiger partial charge is 0.111 e.